The first kappa shape index (κ1) is 13.1. The van der Waals surface area contributed by atoms with Crippen LogP contribution in [0.15, 0.2) is 59.9 Å². The van der Waals surface area contributed by atoms with E-state index >= 15 is 0 Å². The zero-order valence-electron chi connectivity index (χ0n) is 13.5. The van der Waals surface area contributed by atoms with Crippen LogP contribution in [0.2, 0.25) is 0 Å². The van der Waals surface area contributed by atoms with Gasteiger partial charge in [-0.15, -0.1) is 0 Å². The summed E-state index contributed by atoms with van der Waals surface area (Å²) in [7, 11) is 0. The minimum Gasteiger partial charge on any atom is -0.283 e. The molecule has 3 heteroatoms. The van der Waals surface area contributed by atoms with Crippen molar-refractivity contribution in [1.29, 1.82) is 0 Å². The van der Waals surface area contributed by atoms with Gasteiger partial charge in [-0.1, -0.05) is 36.4 Å². The molecule has 1 aliphatic heterocycles. The number of fused-ring (bicyclic) bond motifs is 3. The number of imidazole rings is 1. The largest absolute Gasteiger partial charge is 0.283 e. The number of nitrogens with zero attached hydrogens (tertiary/aromatic N) is 3. The van der Waals surface area contributed by atoms with Gasteiger partial charge in [0.05, 0.1) is 16.6 Å². The van der Waals surface area contributed by atoms with E-state index in [2.05, 4.69) is 65.9 Å². The maximum atomic E-state index is 5.20. The van der Waals surface area contributed by atoms with Crippen LogP contribution in [0.25, 0.3) is 11.0 Å². The van der Waals surface area contributed by atoms with Gasteiger partial charge in [0.15, 0.2) is 0 Å². The predicted molar refractivity (Wildman–Crippen MR) is 93.1 cm³/mol. The van der Waals surface area contributed by atoms with Crippen molar-refractivity contribution in [1.82, 2.24) is 9.55 Å². The molecule has 0 saturated heterocycles. The van der Waals surface area contributed by atoms with E-state index in [1.165, 1.54) is 24.0 Å². The Morgan fingerprint density at radius 1 is 0.957 bits per heavy atom. The van der Waals surface area contributed by atoms with Crippen LogP contribution < -0.4 is 0 Å². The predicted octanol–water partition coefficient (Wildman–Crippen LogP) is 4.16. The van der Waals surface area contributed by atoms with Crippen molar-refractivity contribution in [2.75, 3.05) is 0 Å². The molecule has 5 rings (SSSR count). The lowest BCUT2D eigenvalue weighted by Crippen LogP contribution is -2.41. The molecule has 1 aliphatic carbocycles. The fourth-order valence-electron chi connectivity index (χ4n) is 4.17. The highest BCUT2D eigenvalue weighted by molar-refractivity contribution is 6.07. The van der Waals surface area contributed by atoms with Gasteiger partial charge in [-0.25, -0.2) is 4.98 Å². The molecule has 1 fully saturated rings. The molecule has 0 bridgehead atoms. The molecule has 0 radical (unpaired) electrons. The smallest absolute Gasteiger partial charge is 0.141 e. The fourth-order valence-corrected chi connectivity index (χ4v) is 4.17. The Kier molecular flexibility index (Phi) is 2.33. The van der Waals surface area contributed by atoms with Crippen molar-refractivity contribution in [2.24, 2.45) is 4.99 Å². The molecular weight excluding hydrogens is 282 g/mol. The zero-order chi connectivity index (χ0) is 15.7. The van der Waals surface area contributed by atoms with Gasteiger partial charge in [0.25, 0.3) is 0 Å². The van der Waals surface area contributed by atoms with Crippen LogP contribution in [0.5, 0.6) is 0 Å². The highest BCUT2D eigenvalue weighted by Crippen LogP contribution is 2.59. The van der Waals surface area contributed by atoms with Crippen molar-refractivity contribution < 1.29 is 0 Å². The summed E-state index contributed by atoms with van der Waals surface area (Å²) in [6.07, 6.45) is 4.37. The topological polar surface area (TPSA) is 30.2 Å². The maximum absolute atomic E-state index is 5.20. The molecule has 0 amide bonds. The summed E-state index contributed by atoms with van der Waals surface area (Å²) in [5, 5.41) is 0. The van der Waals surface area contributed by atoms with Gasteiger partial charge >= 0.3 is 0 Å². The Balaban J connectivity index is 1.81. The fraction of sp³-hybridized carbons (Fsp3) is 0.300. The second-order valence-corrected chi connectivity index (χ2v) is 7.23. The molecule has 3 nitrogen and oxygen atoms in total. The van der Waals surface area contributed by atoms with Crippen molar-refractivity contribution >= 4 is 16.9 Å². The molecule has 2 heterocycles. The van der Waals surface area contributed by atoms with Gasteiger partial charge in [0, 0.05) is 11.0 Å². The monoisotopic (exact) mass is 301 g/mol. The molecule has 114 valence electrons. The third-order valence-corrected chi connectivity index (χ3v) is 5.67. The van der Waals surface area contributed by atoms with E-state index < -0.39 is 0 Å². The molecule has 23 heavy (non-hydrogen) atoms. The van der Waals surface area contributed by atoms with E-state index in [-0.39, 0.29) is 11.0 Å². The summed E-state index contributed by atoms with van der Waals surface area (Å²) in [6.45, 7) is 4.55. The number of aromatic nitrogens is 2. The Hall–Kier alpha value is -2.42. The van der Waals surface area contributed by atoms with Crippen LogP contribution in [0, 0.1) is 0 Å². The first-order valence-electron chi connectivity index (χ1n) is 8.25. The van der Waals surface area contributed by atoms with Gasteiger partial charge in [-0.05, 0) is 44.4 Å². The summed E-state index contributed by atoms with van der Waals surface area (Å²) in [6, 6.07) is 17.0. The number of para-hydroxylation sites is 2. The Bertz CT molecular complexity index is 958. The average molecular weight is 301 g/mol. The summed E-state index contributed by atoms with van der Waals surface area (Å²) < 4.78 is 2.14. The number of benzene rings is 2. The standard InChI is InChI=1S/C20H19N3/c1-19(2)20(11-12-20)15-8-4-3-7-14(15)18(22-19)23-13-21-16-9-5-6-10-17(16)23/h3-10,13H,11-12H2,1-2H3. The first-order valence-corrected chi connectivity index (χ1v) is 8.25. The van der Waals surface area contributed by atoms with Gasteiger partial charge in [-0.2, -0.15) is 0 Å². The molecular formula is C20H19N3. The summed E-state index contributed by atoms with van der Waals surface area (Å²) >= 11 is 0. The van der Waals surface area contributed by atoms with Crippen molar-refractivity contribution in [2.45, 2.75) is 37.6 Å². The normalized spacial score (nSPS) is 20.3. The van der Waals surface area contributed by atoms with Crippen LogP contribution in [0.4, 0.5) is 0 Å². The van der Waals surface area contributed by atoms with Crippen LogP contribution >= 0.6 is 0 Å². The molecule has 3 aromatic rings. The minimum atomic E-state index is -0.0813. The number of hydrogen-bond acceptors (Lipinski definition) is 2. The first-order chi connectivity index (χ1) is 11.1. The van der Waals surface area contributed by atoms with Crippen LogP contribution in [-0.2, 0) is 5.41 Å². The lowest BCUT2D eigenvalue weighted by atomic mass is 9.74. The minimum absolute atomic E-state index is 0.0813. The number of rotatable bonds is 0. The average Bonchev–Trinajstić information content (AvgIpc) is 3.27. The SMILES string of the molecule is CC1(C)N=C(n2cnc3ccccc32)c2ccccc2C12CC2. The zero-order valence-corrected chi connectivity index (χ0v) is 13.5. The Morgan fingerprint density at radius 2 is 1.70 bits per heavy atom. The molecule has 2 aliphatic rings. The van der Waals surface area contributed by atoms with E-state index in [9.17, 15) is 0 Å². The van der Waals surface area contributed by atoms with E-state index in [0.29, 0.717) is 0 Å². The van der Waals surface area contributed by atoms with Gasteiger partial charge in [0.1, 0.15) is 12.2 Å². The molecule has 0 unspecified atom stereocenters. The van der Waals surface area contributed by atoms with E-state index in [1.54, 1.807) is 0 Å². The second-order valence-electron chi connectivity index (χ2n) is 7.23. The summed E-state index contributed by atoms with van der Waals surface area (Å²) in [5.74, 6) is 1.02. The van der Waals surface area contributed by atoms with Crippen LogP contribution in [0.1, 0.15) is 37.8 Å². The van der Waals surface area contributed by atoms with Gasteiger partial charge in [0.2, 0.25) is 0 Å². The molecule has 1 saturated carbocycles. The maximum Gasteiger partial charge on any atom is 0.141 e. The van der Waals surface area contributed by atoms with Gasteiger partial charge < -0.3 is 0 Å². The summed E-state index contributed by atoms with van der Waals surface area (Å²) in [5.41, 5.74) is 4.98. The molecule has 1 aromatic heterocycles. The van der Waals surface area contributed by atoms with E-state index in [0.717, 1.165) is 16.9 Å². The van der Waals surface area contributed by atoms with E-state index in [1.807, 2.05) is 12.4 Å². The lowest BCUT2D eigenvalue weighted by Gasteiger charge is -2.38. The highest BCUT2D eigenvalue weighted by atomic mass is 15.1. The number of hydrogen-bond donors (Lipinski definition) is 0. The van der Waals surface area contributed by atoms with Crippen molar-refractivity contribution in [3.8, 4) is 0 Å². The molecule has 0 atom stereocenters. The lowest BCUT2D eigenvalue weighted by molar-refractivity contribution is 0.386. The second kappa shape index (κ2) is 4.10. The summed E-state index contributed by atoms with van der Waals surface area (Å²) in [4.78, 5) is 9.75. The van der Waals surface area contributed by atoms with Crippen LogP contribution in [0.3, 0.4) is 0 Å². The van der Waals surface area contributed by atoms with E-state index in [4.69, 9.17) is 4.99 Å². The van der Waals surface area contributed by atoms with Gasteiger partial charge in [-0.3, -0.25) is 9.56 Å². The van der Waals surface area contributed by atoms with Crippen LogP contribution in [-0.4, -0.2) is 20.9 Å². The Morgan fingerprint density at radius 3 is 2.52 bits per heavy atom. The van der Waals surface area contributed by atoms with Crippen molar-refractivity contribution in [3.63, 3.8) is 0 Å². The Labute approximate surface area is 135 Å². The quantitative estimate of drug-likeness (QED) is 0.613. The highest BCUT2D eigenvalue weighted by Gasteiger charge is 2.58. The molecule has 0 N–H and O–H groups in total. The van der Waals surface area contributed by atoms with Crippen molar-refractivity contribution in [3.05, 3.63) is 66.0 Å². The third-order valence-electron chi connectivity index (χ3n) is 5.67. The number of aliphatic imine (C=N–C) groups is 1. The molecule has 1 spiro atoms. The molecule has 2 aromatic carbocycles. The third kappa shape index (κ3) is 1.60.